The summed E-state index contributed by atoms with van der Waals surface area (Å²) in [4.78, 5) is 41.7. The number of carbonyl (C=O) groups excluding carboxylic acids is 3. The molecule has 9 nitrogen and oxygen atoms in total. The molecule has 1 saturated heterocycles. The Labute approximate surface area is 214 Å². The minimum absolute atomic E-state index is 0.111. The Morgan fingerprint density at radius 2 is 2.00 bits per heavy atom. The van der Waals surface area contributed by atoms with E-state index in [4.69, 9.17) is 4.74 Å². The molecular weight excluding hydrogens is 470 g/mol. The predicted molar refractivity (Wildman–Crippen MR) is 135 cm³/mol. The van der Waals surface area contributed by atoms with Gasteiger partial charge in [0, 0.05) is 35.7 Å². The standard InChI is InChI=1S/C28H27N5O4/c1-37-26-7-3-6-23-22(26)14-24(33-23)25(34)13-20(11-17-4-2-5-18(10-17)15-29)28(36)32-21(16-30)12-19-8-9-31-27(19)35/h2-7,10,14,19-21,33H,8-9,11-13H2,1H3,(H,31,35)(H,32,36). The Hall–Kier alpha value is -4.63. The number of methoxy groups -OCH3 is 1. The van der Waals surface area contributed by atoms with Crippen LogP contribution in [0.25, 0.3) is 10.9 Å². The number of aromatic nitrogens is 1. The highest BCUT2D eigenvalue weighted by Crippen LogP contribution is 2.27. The van der Waals surface area contributed by atoms with Gasteiger partial charge in [-0.3, -0.25) is 14.4 Å². The first-order valence-corrected chi connectivity index (χ1v) is 12.1. The van der Waals surface area contributed by atoms with Crippen LogP contribution in [0, 0.1) is 34.5 Å². The number of hydrogen-bond acceptors (Lipinski definition) is 6. The largest absolute Gasteiger partial charge is 0.496 e. The molecule has 4 rings (SSSR count). The molecule has 3 aromatic rings. The van der Waals surface area contributed by atoms with E-state index in [1.165, 1.54) is 0 Å². The minimum atomic E-state index is -0.860. The van der Waals surface area contributed by atoms with Gasteiger partial charge in [0.2, 0.25) is 11.8 Å². The third kappa shape index (κ3) is 5.96. The zero-order chi connectivity index (χ0) is 26.4. The Balaban J connectivity index is 1.55. The van der Waals surface area contributed by atoms with Crippen LogP contribution in [0.5, 0.6) is 5.75 Å². The predicted octanol–water partition coefficient (Wildman–Crippen LogP) is 3.01. The van der Waals surface area contributed by atoms with Crippen molar-refractivity contribution in [2.24, 2.45) is 11.8 Å². The highest BCUT2D eigenvalue weighted by atomic mass is 16.5. The van der Waals surface area contributed by atoms with Gasteiger partial charge in [0.1, 0.15) is 11.8 Å². The lowest BCUT2D eigenvalue weighted by atomic mass is 9.91. The van der Waals surface area contributed by atoms with Gasteiger partial charge in [0.15, 0.2) is 5.78 Å². The number of fused-ring (bicyclic) bond motifs is 1. The van der Waals surface area contributed by atoms with Gasteiger partial charge < -0.3 is 20.4 Å². The molecule has 0 bridgehead atoms. The Morgan fingerprint density at radius 3 is 2.70 bits per heavy atom. The smallest absolute Gasteiger partial charge is 0.224 e. The Morgan fingerprint density at radius 1 is 1.19 bits per heavy atom. The number of nitrogens with zero attached hydrogens (tertiary/aromatic N) is 2. The fraction of sp³-hybridized carbons (Fsp3) is 0.321. The van der Waals surface area contributed by atoms with Crippen molar-refractivity contribution in [3.63, 3.8) is 0 Å². The molecule has 1 aromatic heterocycles. The average molecular weight is 498 g/mol. The van der Waals surface area contributed by atoms with E-state index >= 15 is 0 Å². The second-order valence-electron chi connectivity index (χ2n) is 9.15. The van der Waals surface area contributed by atoms with E-state index in [9.17, 15) is 24.9 Å². The van der Waals surface area contributed by atoms with Gasteiger partial charge >= 0.3 is 0 Å². The second-order valence-corrected chi connectivity index (χ2v) is 9.15. The zero-order valence-electron chi connectivity index (χ0n) is 20.4. The summed E-state index contributed by atoms with van der Waals surface area (Å²) in [5, 5.41) is 25.1. The summed E-state index contributed by atoms with van der Waals surface area (Å²) in [6.45, 7) is 0.553. The second kappa shape index (κ2) is 11.4. The van der Waals surface area contributed by atoms with E-state index in [-0.39, 0.29) is 36.9 Å². The van der Waals surface area contributed by atoms with E-state index in [0.717, 1.165) is 16.5 Å². The summed E-state index contributed by atoms with van der Waals surface area (Å²) >= 11 is 0. The van der Waals surface area contributed by atoms with E-state index in [2.05, 4.69) is 27.8 Å². The zero-order valence-corrected chi connectivity index (χ0v) is 20.4. The molecule has 1 fully saturated rings. The number of Topliss-reactive ketones (excluding diaryl/α,β-unsaturated/α-hetero) is 1. The molecule has 1 aliphatic rings. The molecule has 0 aliphatic carbocycles. The maximum Gasteiger partial charge on any atom is 0.224 e. The Bertz CT molecular complexity index is 1410. The summed E-state index contributed by atoms with van der Waals surface area (Å²) in [5.74, 6) is -1.33. The summed E-state index contributed by atoms with van der Waals surface area (Å²) in [6, 6.07) is 17.3. The molecule has 2 aromatic carbocycles. The summed E-state index contributed by atoms with van der Waals surface area (Å²) in [7, 11) is 1.56. The van der Waals surface area contributed by atoms with Crippen LogP contribution in [0.15, 0.2) is 48.5 Å². The molecule has 0 saturated carbocycles. The van der Waals surface area contributed by atoms with Crippen LogP contribution in [0.2, 0.25) is 0 Å². The number of aromatic amines is 1. The topological polar surface area (TPSA) is 148 Å². The van der Waals surface area contributed by atoms with E-state index in [1.807, 2.05) is 12.1 Å². The number of nitrogens with one attached hydrogen (secondary N) is 3. The van der Waals surface area contributed by atoms with Crippen molar-refractivity contribution < 1.29 is 19.1 Å². The fourth-order valence-electron chi connectivity index (χ4n) is 4.69. The number of hydrogen-bond donors (Lipinski definition) is 3. The highest BCUT2D eigenvalue weighted by molar-refractivity contribution is 6.02. The lowest BCUT2D eigenvalue weighted by Gasteiger charge is -2.20. The van der Waals surface area contributed by atoms with Crippen molar-refractivity contribution in [3.05, 3.63) is 65.4 Å². The van der Waals surface area contributed by atoms with Crippen LogP contribution in [-0.4, -0.2) is 42.3 Å². The van der Waals surface area contributed by atoms with Gasteiger partial charge in [-0.25, -0.2) is 0 Å². The van der Waals surface area contributed by atoms with Gasteiger partial charge in [-0.1, -0.05) is 18.2 Å². The molecular formula is C28H27N5O4. The molecule has 3 unspecified atom stereocenters. The first-order valence-electron chi connectivity index (χ1n) is 12.1. The maximum absolute atomic E-state index is 13.4. The number of amides is 2. The maximum atomic E-state index is 13.4. The average Bonchev–Trinajstić information content (AvgIpc) is 3.53. The van der Waals surface area contributed by atoms with Crippen molar-refractivity contribution in [3.8, 4) is 17.9 Å². The summed E-state index contributed by atoms with van der Waals surface area (Å²) < 4.78 is 5.38. The van der Waals surface area contributed by atoms with Gasteiger partial charge in [-0.2, -0.15) is 10.5 Å². The van der Waals surface area contributed by atoms with Crippen molar-refractivity contribution in [1.29, 1.82) is 10.5 Å². The van der Waals surface area contributed by atoms with Crippen LogP contribution < -0.4 is 15.4 Å². The fourth-order valence-corrected chi connectivity index (χ4v) is 4.69. The molecule has 0 spiro atoms. The molecule has 3 N–H and O–H groups in total. The van der Waals surface area contributed by atoms with Crippen LogP contribution in [0.3, 0.4) is 0 Å². The van der Waals surface area contributed by atoms with Crippen LogP contribution in [-0.2, 0) is 16.0 Å². The lowest BCUT2D eigenvalue weighted by molar-refractivity contribution is -0.126. The first kappa shape index (κ1) is 25.5. The highest BCUT2D eigenvalue weighted by Gasteiger charge is 2.30. The Kier molecular flexibility index (Phi) is 7.85. The minimum Gasteiger partial charge on any atom is -0.496 e. The van der Waals surface area contributed by atoms with E-state index < -0.39 is 17.9 Å². The van der Waals surface area contributed by atoms with Crippen LogP contribution >= 0.6 is 0 Å². The molecule has 2 heterocycles. The molecule has 0 radical (unpaired) electrons. The van der Waals surface area contributed by atoms with Crippen molar-refractivity contribution in [2.45, 2.75) is 31.7 Å². The number of benzene rings is 2. The van der Waals surface area contributed by atoms with Gasteiger partial charge in [-0.15, -0.1) is 0 Å². The first-order chi connectivity index (χ1) is 17.9. The van der Waals surface area contributed by atoms with Gasteiger partial charge in [0.05, 0.1) is 30.5 Å². The lowest BCUT2D eigenvalue weighted by Crippen LogP contribution is -2.41. The summed E-state index contributed by atoms with van der Waals surface area (Å²) in [5.41, 5.74) is 2.27. The molecule has 3 atom stereocenters. The van der Waals surface area contributed by atoms with Gasteiger partial charge in [0.25, 0.3) is 0 Å². The van der Waals surface area contributed by atoms with E-state index in [0.29, 0.717) is 30.0 Å². The third-order valence-corrected chi connectivity index (χ3v) is 6.64. The number of ether oxygens (including phenoxy) is 1. The molecule has 188 valence electrons. The number of rotatable bonds is 10. The van der Waals surface area contributed by atoms with Crippen LogP contribution in [0.4, 0.5) is 0 Å². The molecule has 37 heavy (non-hydrogen) atoms. The SMILES string of the molecule is COc1cccc2[nH]c(C(=O)CC(Cc3cccc(C#N)c3)C(=O)NC(C#N)CC3CCNC3=O)cc12. The quantitative estimate of drug-likeness (QED) is 0.367. The third-order valence-electron chi connectivity index (χ3n) is 6.64. The monoisotopic (exact) mass is 497 g/mol. The molecule has 2 amide bonds. The van der Waals surface area contributed by atoms with Crippen molar-refractivity contribution in [1.82, 2.24) is 15.6 Å². The molecule has 9 heteroatoms. The molecule has 1 aliphatic heterocycles. The van der Waals surface area contributed by atoms with Crippen molar-refractivity contribution >= 4 is 28.5 Å². The summed E-state index contributed by atoms with van der Waals surface area (Å²) in [6.07, 6.45) is 0.915. The van der Waals surface area contributed by atoms with Crippen molar-refractivity contribution in [2.75, 3.05) is 13.7 Å². The van der Waals surface area contributed by atoms with Crippen LogP contribution in [0.1, 0.15) is 40.9 Å². The van der Waals surface area contributed by atoms with E-state index in [1.54, 1.807) is 43.5 Å². The van der Waals surface area contributed by atoms with Gasteiger partial charge in [-0.05, 0) is 55.2 Å². The normalized spacial score (nSPS) is 16.3. The number of carbonyl (C=O) groups is 3. The number of nitriles is 2. The number of ketones is 1. The number of H-pyrrole nitrogens is 1.